The van der Waals surface area contributed by atoms with Crippen molar-refractivity contribution in [1.29, 1.82) is 0 Å². The van der Waals surface area contributed by atoms with Gasteiger partial charge >= 0.3 is 0 Å². The molecule has 1 aromatic carbocycles. The minimum atomic E-state index is -0.160. The first-order valence-electron chi connectivity index (χ1n) is 9.00. The summed E-state index contributed by atoms with van der Waals surface area (Å²) in [5, 5.41) is 4.69. The topological polar surface area (TPSA) is 69.7 Å². The number of thiophene rings is 1. The molecule has 0 aliphatic carbocycles. The molecular weight excluding hydrogens is 362 g/mol. The van der Waals surface area contributed by atoms with E-state index in [1.165, 1.54) is 11.3 Å². The average molecular weight is 385 g/mol. The SMILES string of the molecule is Cc1ccccc1C(=O)NCCC(=O)N1CCN(C(=O)c2cccs2)CC1. The molecule has 1 aliphatic heterocycles. The molecule has 3 rings (SSSR count). The van der Waals surface area contributed by atoms with Crippen molar-refractivity contribution in [3.05, 3.63) is 57.8 Å². The molecule has 1 aliphatic rings. The third-order valence-corrected chi connectivity index (χ3v) is 5.52. The number of nitrogens with one attached hydrogen (secondary N) is 1. The van der Waals surface area contributed by atoms with Crippen molar-refractivity contribution in [3.63, 3.8) is 0 Å². The van der Waals surface area contributed by atoms with Crippen LogP contribution in [-0.2, 0) is 4.79 Å². The molecule has 0 radical (unpaired) electrons. The number of hydrogen-bond donors (Lipinski definition) is 1. The normalized spacial score (nSPS) is 14.1. The van der Waals surface area contributed by atoms with Crippen LogP contribution in [0.4, 0.5) is 0 Å². The molecule has 0 bridgehead atoms. The molecule has 1 N–H and O–H groups in total. The van der Waals surface area contributed by atoms with Gasteiger partial charge in [0.25, 0.3) is 11.8 Å². The van der Waals surface area contributed by atoms with Crippen LogP contribution in [0.3, 0.4) is 0 Å². The van der Waals surface area contributed by atoms with Gasteiger partial charge in [0.1, 0.15) is 0 Å². The minimum Gasteiger partial charge on any atom is -0.352 e. The van der Waals surface area contributed by atoms with Gasteiger partial charge in [0.2, 0.25) is 5.91 Å². The maximum atomic E-state index is 12.4. The zero-order chi connectivity index (χ0) is 19.2. The van der Waals surface area contributed by atoms with Crippen molar-refractivity contribution in [3.8, 4) is 0 Å². The van der Waals surface area contributed by atoms with Gasteiger partial charge in [-0.1, -0.05) is 24.3 Å². The molecule has 0 saturated carbocycles. The first-order valence-corrected chi connectivity index (χ1v) is 9.88. The second-order valence-electron chi connectivity index (χ2n) is 6.47. The highest BCUT2D eigenvalue weighted by Crippen LogP contribution is 2.14. The van der Waals surface area contributed by atoms with E-state index in [2.05, 4.69) is 5.32 Å². The third kappa shape index (κ3) is 4.74. The lowest BCUT2D eigenvalue weighted by atomic mass is 10.1. The van der Waals surface area contributed by atoms with Gasteiger partial charge in [0.15, 0.2) is 0 Å². The largest absolute Gasteiger partial charge is 0.352 e. The number of aryl methyl sites for hydroxylation is 1. The average Bonchev–Trinajstić information content (AvgIpc) is 3.22. The van der Waals surface area contributed by atoms with Crippen LogP contribution < -0.4 is 5.32 Å². The van der Waals surface area contributed by atoms with E-state index in [1.807, 2.05) is 42.6 Å². The molecule has 0 atom stereocenters. The van der Waals surface area contributed by atoms with Crippen LogP contribution >= 0.6 is 11.3 Å². The Morgan fingerprint density at radius 3 is 2.37 bits per heavy atom. The number of carbonyl (C=O) groups excluding carboxylic acids is 3. The summed E-state index contributed by atoms with van der Waals surface area (Å²) >= 11 is 1.43. The number of piperazine rings is 1. The summed E-state index contributed by atoms with van der Waals surface area (Å²) in [6.45, 7) is 4.33. The maximum absolute atomic E-state index is 12.4. The Balaban J connectivity index is 1.41. The highest BCUT2D eigenvalue weighted by Gasteiger charge is 2.25. The maximum Gasteiger partial charge on any atom is 0.264 e. The smallest absolute Gasteiger partial charge is 0.264 e. The van der Waals surface area contributed by atoms with E-state index < -0.39 is 0 Å². The summed E-state index contributed by atoms with van der Waals surface area (Å²) in [7, 11) is 0. The van der Waals surface area contributed by atoms with Crippen LogP contribution in [0, 0.1) is 6.92 Å². The first kappa shape index (κ1) is 19.1. The fourth-order valence-electron chi connectivity index (χ4n) is 3.08. The van der Waals surface area contributed by atoms with Gasteiger partial charge in [-0.25, -0.2) is 0 Å². The van der Waals surface area contributed by atoms with Gasteiger partial charge in [-0.2, -0.15) is 0 Å². The lowest BCUT2D eigenvalue weighted by Crippen LogP contribution is -2.50. The summed E-state index contributed by atoms with van der Waals surface area (Å²) in [5.74, 6) is -0.127. The lowest BCUT2D eigenvalue weighted by Gasteiger charge is -2.34. The second kappa shape index (κ2) is 8.81. The molecule has 27 heavy (non-hydrogen) atoms. The summed E-state index contributed by atoms with van der Waals surface area (Å²) in [6.07, 6.45) is 0.260. The summed E-state index contributed by atoms with van der Waals surface area (Å²) < 4.78 is 0. The quantitative estimate of drug-likeness (QED) is 0.858. The Morgan fingerprint density at radius 2 is 1.70 bits per heavy atom. The van der Waals surface area contributed by atoms with Gasteiger partial charge in [-0.3, -0.25) is 14.4 Å². The highest BCUT2D eigenvalue weighted by atomic mass is 32.1. The number of benzene rings is 1. The van der Waals surface area contributed by atoms with Gasteiger partial charge in [-0.05, 0) is 30.0 Å². The van der Waals surface area contributed by atoms with Crippen LogP contribution in [0.25, 0.3) is 0 Å². The minimum absolute atomic E-state index is 0.00306. The van der Waals surface area contributed by atoms with Crippen molar-refractivity contribution >= 4 is 29.1 Å². The Bertz CT molecular complexity index is 812. The molecule has 1 aromatic heterocycles. The summed E-state index contributed by atoms with van der Waals surface area (Å²) in [4.78, 5) is 41.1. The zero-order valence-corrected chi connectivity index (χ0v) is 16.1. The van der Waals surface area contributed by atoms with E-state index in [9.17, 15) is 14.4 Å². The van der Waals surface area contributed by atoms with E-state index in [0.29, 0.717) is 38.3 Å². The predicted molar refractivity (Wildman–Crippen MR) is 105 cm³/mol. The fourth-order valence-corrected chi connectivity index (χ4v) is 3.77. The molecule has 0 spiro atoms. The van der Waals surface area contributed by atoms with E-state index in [-0.39, 0.29) is 24.1 Å². The Kier molecular flexibility index (Phi) is 6.24. The van der Waals surface area contributed by atoms with E-state index in [1.54, 1.807) is 15.9 Å². The molecule has 7 heteroatoms. The van der Waals surface area contributed by atoms with Crippen molar-refractivity contribution in [2.24, 2.45) is 0 Å². The number of nitrogens with zero attached hydrogens (tertiary/aromatic N) is 2. The number of hydrogen-bond acceptors (Lipinski definition) is 4. The highest BCUT2D eigenvalue weighted by molar-refractivity contribution is 7.12. The van der Waals surface area contributed by atoms with Gasteiger partial charge < -0.3 is 15.1 Å². The monoisotopic (exact) mass is 385 g/mol. The molecule has 3 amide bonds. The van der Waals surface area contributed by atoms with E-state index in [0.717, 1.165) is 10.4 Å². The molecule has 1 saturated heterocycles. The Morgan fingerprint density at radius 1 is 1.00 bits per heavy atom. The van der Waals surface area contributed by atoms with Crippen molar-refractivity contribution in [2.75, 3.05) is 32.7 Å². The standard InChI is InChI=1S/C20H23N3O3S/c1-15-5-2-3-6-16(15)19(25)21-9-8-18(24)22-10-12-23(13-11-22)20(26)17-7-4-14-27-17/h2-7,14H,8-13H2,1H3,(H,21,25). The van der Waals surface area contributed by atoms with Crippen LogP contribution in [0.5, 0.6) is 0 Å². The molecule has 2 aromatic rings. The van der Waals surface area contributed by atoms with E-state index >= 15 is 0 Å². The zero-order valence-electron chi connectivity index (χ0n) is 15.3. The molecule has 6 nitrogen and oxygen atoms in total. The molecule has 0 unspecified atom stereocenters. The fraction of sp³-hybridized carbons (Fsp3) is 0.350. The van der Waals surface area contributed by atoms with Crippen LogP contribution in [0.15, 0.2) is 41.8 Å². The van der Waals surface area contributed by atoms with Crippen LogP contribution in [-0.4, -0.2) is 60.2 Å². The number of carbonyl (C=O) groups is 3. The molecule has 142 valence electrons. The van der Waals surface area contributed by atoms with Crippen molar-refractivity contribution < 1.29 is 14.4 Å². The van der Waals surface area contributed by atoms with Crippen LogP contribution in [0.1, 0.15) is 32.0 Å². The van der Waals surface area contributed by atoms with Crippen LogP contribution in [0.2, 0.25) is 0 Å². The second-order valence-corrected chi connectivity index (χ2v) is 7.42. The lowest BCUT2D eigenvalue weighted by molar-refractivity contribution is -0.132. The molecular formula is C20H23N3O3S. The molecule has 1 fully saturated rings. The van der Waals surface area contributed by atoms with E-state index in [4.69, 9.17) is 0 Å². The van der Waals surface area contributed by atoms with Crippen molar-refractivity contribution in [2.45, 2.75) is 13.3 Å². The van der Waals surface area contributed by atoms with Gasteiger partial charge in [0, 0.05) is 44.7 Å². The van der Waals surface area contributed by atoms with Crippen molar-refractivity contribution in [1.82, 2.24) is 15.1 Å². The van der Waals surface area contributed by atoms with Gasteiger partial charge in [0.05, 0.1) is 4.88 Å². The molecule has 2 heterocycles. The first-order chi connectivity index (χ1) is 13.1. The number of rotatable bonds is 5. The summed E-state index contributed by atoms with van der Waals surface area (Å²) in [5.41, 5.74) is 1.54. The summed E-state index contributed by atoms with van der Waals surface area (Å²) in [6, 6.07) is 11.1. The van der Waals surface area contributed by atoms with Gasteiger partial charge in [-0.15, -0.1) is 11.3 Å². The third-order valence-electron chi connectivity index (χ3n) is 4.67. The Hall–Kier alpha value is -2.67. The number of amides is 3. The Labute approximate surface area is 162 Å². The predicted octanol–water partition coefficient (Wildman–Crippen LogP) is 2.16.